The predicted molar refractivity (Wildman–Crippen MR) is 135 cm³/mol. The highest BCUT2D eigenvalue weighted by atomic mass is 32.1. The minimum Gasteiger partial charge on any atom is -0.340 e. The number of hydrogen-bond donors (Lipinski definition) is 0. The Morgan fingerprint density at radius 2 is 1.77 bits per heavy atom. The van der Waals surface area contributed by atoms with Gasteiger partial charge in [0.2, 0.25) is 5.91 Å². The molecule has 5 nitrogen and oxygen atoms in total. The number of nitrogens with zero attached hydrogens (tertiary/aromatic N) is 3. The topological polar surface area (TPSA) is 43.9 Å². The number of benzene rings is 1. The van der Waals surface area contributed by atoms with Crippen molar-refractivity contribution >= 4 is 23.2 Å². The summed E-state index contributed by atoms with van der Waals surface area (Å²) >= 11 is 1.63. The fourth-order valence-corrected chi connectivity index (χ4v) is 7.61. The van der Waals surface area contributed by atoms with Gasteiger partial charge in [0, 0.05) is 51.7 Å². The van der Waals surface area contributed by atoms with Crippen molar-refractivity contribution in [3.63, 3.8) is 0 Å². The number of rotatable bonds is 4. The lowest BCUT2D eigenvalue weighted by Crippen LogP contribution is -2.49. The Bertz CT molecular complexity index is 1120. The Hall–Kier alpha value is -2.25. The number of fused-ring (bicyclic) bond motifs is 1. The van der Waals surface area contributed by atoms with Gasteiger partial charge in [0.25, 0.3) is 5.91 Å². The maximum absolute atomic E-state index is 13.5. The monoisotopic (exact) mass is 495 g/mol. The lowest BCUT2D eigenvalue weighted by molar-refractivity contribution is -0.135. The van der Waals surface area contributed by atoms with E-state index in [0.717, 1.165) is 88.4 Å². The number of piperazine rings is 1. The number of thiophene rings is 1. The Kier molecular flexibility index (Phi) is 6.17. The molecule has 186 valence electrons. The molecular weight excluding hydrogens is 461 g/mol. The highest BCUT2D eigenvalue weighted by molar-refractivity contribution is 7.12. The van der Waals surface area contributed by atoms with Crippen LogP contribution in [0.15, 0.2) is 29.6 Å². The molecule has 1 aromatic heterocycles. The molecule has 3 fully saturated rings. The minimum atomic E-state index is -0.196. The summed E-state index contributed by atoms with van der Waals surface area (Å²) in [6, 6.07) is 6.78. The molecule has 6 rings (SSSR count). The highest BCUT2D eigenvalue weighted by Crippen LogP contribution is 2.60. The molecule has 1 atom stereocenters. The van der Waals surface area contributed by atoms with Crippen LogP contribution in [0.3, 0.4) is 0 Å². The third kappa shape index (κ3) is 4.53. The molecule has 4 aliphatic rings. The van der Waals surface area contributed by atoms with Gasteiger partial charge in [-0.15, -0.1) is 11.3 Å². The first kappa shape index (κ1) is 23.2. The Balaban J connectivity index is 0.995. The van der Waals surface area contributed by atoms with Gasteiger partial charge in [0.1, 0.15) is 5.82 Å². The molecule has 7 heteroatoms. The summed E-state index contributed by atoms with van der Waals surface area (Å²) in [4.78, 5) is 33.9. The average Bonchev–Trinajstić information content (AvgIpc) is 3.39. The van der Waals surface area contributed by atoms with Crippen LogP contribution in [0, 0.1) is 17.2 Å². The summed E-state index contributed by atoms with van der Waals surface area (Å²) < 4.78 is 13.5. The molecule has 0 bridgehead atoms. The van der Waals surface area contributed by atoms with Crippen LogP contribution in [0.1, 0.15) is 58.5 Å². The van der Waals surface area contributed by atoms with Gasteiger partial charge in [-0.2, -0.15) is 0 Å². The number of halogens is 1. The van der Waals surface area contributed by atoms with E-state index in [1.54, 1.807) is 23.5 Å². The van der Waals surface area contributed by atoms with Crippen LogP contribution in [-0.2, 0) is 24.2 Å². The van der Waals surface area contributed by atoms with E-state index in [4.69, 9.17) is 0 Å². The van der Waals surface area contributed by atoms with Crippen LogP contribution in [-0.4, -0.2) is 65.8 Å². The third-order valence-corrected chi connectivity index (χ3v) is 9.87. The summed E-state index contributed by atoms with van der Waals surface area (Å²) in [7, 11) is 0. The van der Waals surface area contributed by atoms with E-state index in [9.17, 15) is 14.0 Å². The smallest absolute Gasteiger partial charge is 0.264 e. The van der Waals surface area contributed by atoms with Gasteiger partial charge in [-0.25, -0.2) is 4.39 Å². The highest BCUT2D eigenvalue weighted by Gasteiger charge is 2.59. The van der Waals surface area contributed by atoms with Gasteiger partial charge in [0.05, 0.1) is 4.88 Å². The lowest BCUT2D eigenvalue weighted by atomic mass is 9.89. The second-order valence-corrected chi connectivity index (χ2v) is 11.8. The van der Waals surface area contributed by atoms with Crippen LogP contribution in [0.2, 0.25) is 0 Å². The van der Waals surface area contributed by atoms with Crippen molar-refractivity contribution in [2.75, 3.05) is 39.3 Å². The molecule has 0 N–H and O–H groups in total. The first-order chi connectivity index (χ1) is 17.0. The summed E-state index contributed by atoms with van der Waals surface area (Å²) in [6.45, 7) is 5.42. The van der Waals surface area contributed by atoms with Crippen molar-refractivity contribution in [2.45, 2.75) is 51.5 Å². The molecule has 2 amide bonds. The number of piperidine rings is 1. The molecule has 0 radical (unpaired) electrons. The van der Waals surface area contributed by atoms with Crippen molar-refractivity contribution in [3.05, 3.63) is 57.0 Å². The Morgan fingerprint density at radius 3 is 2.54 bits per heavy atom. The first-order valence-corrected chi connectivity index (χ1v) is 14.0. The predicted octanol–water partition coefficient (Wildman–Crippen LogP) is 4.35. The lowest BCUT2D eigenvalue weighted by Gasteiger charge is -2.36. The van der Waals surface area contributed by atoms with E-state index in [1.165, 1.54) is 30.0 Å². The van der Waals surface area contributed by atoms with Gasteiger partial charge in [0.15, 0.2) is 0 Å². The number of carbonyl (C=O) groups is 2. The van der Waals surface area contributed by atoms with Crippen molar-refractivity contribution in [3.8, 4) is 0 Å². The van der Waals surface area contributed by atoms with Gasteiger partial charge < -0.3 is 9.80 Å². The number of amides is 2. The molecule has 2 aliphatic heterocycles. The zero-order valence-electron chi connectivity index (χ0n) is 20.3. The summed E-state index contributed by atoms with van der Waals surface area (Å²) in [5.41, 5.74) is 3.79. The molecule has 1 spiro atoms. The second-order valence-electron chi connectivity index (χ2n) is 10.9. The fraction of sp³-hybridized carbons (Fsp3) is 0.571. The van der Waals surface area contributed by atoms with Crippen LogP contribution in [0.25, 0.3) is 0 Å². The molecule has 3 heterocycles. The molecule has 0 unspecified atom stereocenters. The SMILES string of the molecule is O=C(c1scc2c1CCCC2)N1CCC2(CC1)C[C@@H]2C(=O)N1CCN(Cc2cccc(F)c2)CC1. The van der Waals surface area contributed by atoms with Crippen molar-refractivity contribution < 1.29 is 14.0 Å². The van der Waals surface area contributed by atoms with Gasteiger partial charge in [-0.1, -0.05) is 12.1 Å². The van der Waals surface area contributed by atoms with Gasteiger partial charge >= 0.3 is 0 Å². The van der Waals surface area contributed by atoms with Gasteiger partial charge in [-0.3, -0.25) is 14.5 Å². The minimum absolute atomic E-state index is 0.113. The van der Waals surface area contributed by atoms with E-state index in [0.29, 0.717) is 5.91 Å². The zero-order valence-corrected chi connectivity index (χ0v) is 21.1. The largest absolute Gasteiger partial charge is 0.340 e. The number of aryl methyl sites for hydroxylation is 1. The number of carbonyl (C=O) groups excluding carboxylic acids is 2. The maximum atomic E-state index is 13.5. The van der Waals surface area contributed by atoms with Crippen molar-refractivity contribution in [2.24, 2.45) is 11.3 Å². The summed E-state index contributed by atoms with van der Waals surface area (Å²) in [6.07, 6.45) is 7.46. The molecule has 1 aromatic carbocycles. The van der Waals surface area contributed by atoms with E-state index < -0.39 is 0 Å². The van der Waals surface area contributed by atoms with E-state index in [1.807, 2.05) is 15.9 Å². The van der Waals surface area contributed by atoms with E-state index in [2.05, 4.69) is 10.3 Å². The number of likely N-dealkylation sites (tertiary alicyclic amines) is 1. The fourth-order valence-electron chi connectivity index (χ4n) is 6.49. The van der Waals surface area contributed by atoms with Crippen LogP contribution < -0.4 is 0 Å². The maximum Gasteiger partial charge on any atom is 0.264 e. The quantitative estimate of drug-likeness (QED) is 0.633. The van der Waals surface area contributed by atoms with E-state index >= 15 is 0 Å². The summed E-state index contributed by atoms with van der Waals surface area (Å²) in [5, 5.41) is 2.20. The van der Waals surface area contributed by atoms with Gasteiger partial charge in [-0.05, 0) is 84.6 Å². The molecule has 1 saturated carbocycles. The second kappa shape index (κ2) is 9.32. The molecular formula is C28H34FN3O2S. The molecule has 35 heavy (non-hydrogen) atoms. The third-order valence-electron chi connectivity index (χ3n) is 8.81. The average molecular weight is 496 g/mol. The summed E-state index contributed by atoms with van der Waals surface area (Å²) in [5.74, 6) is 0.454. The molecule has 2 aromatic rings. The Morgan fingerprint density at radius 1 is 1.00 bits per heavy atom. The first-order valence-electron chi connectivity index (χ1n) is 13.2. The Labute approximate surface area is 210 Å². The molecule has 2 saturated heterocycles. The normalized spacial score (nSPS) is 23.9. The molecule has 2 aliphatic carbocycles. The van der Waals surface area contributed by atoms with Crippen molar-refractivity contribution in [1.29, 1.82) is 0 Å². The van der Waals surface area contributed by atoms with Crippen LogP contribution in [0.5, 0.6) is 0 Å². The number of hydrogen-bond acceptors (Lipinski definition) is 4. The zero-order chi connectivity index (χ0) is 24.0. The van der Waals surface area contributed by atoms with Crippen LogP contribution >= 0.6 is 11.3 Å². The standard InChI is InChI=1S/C28H34FN3O2S/c29-22-6-3-4-20(16-22)18-30-12-14-32(15-13-30)26(33)24-17-28(24)8-10-31(11-9-28)27(34)25-23-7-2-1-5-21(23)19-35-25/h3-4,6,16,19,24H,1-2,5,7-15,17-18H2/t24-/m1/s1. The van der Waals surface area contributed by atoms with E-state index in [-0.39, 0.29) is 23.1 Å². The van der Waals surface area contributed by atoms with Crippen LogP contribution in [0.4, 0.5) is 4.39 Å². The van der Waals surface area contributed by atoms with Crippen molar-refractivity contribution in [1.82, 2.24) is 14.7 Å².